The normalized spacial score (nSPS) is 16.3. The number of carbonyl (C=O) groups is 2. The van der Waals surface area contributed by atoms with Gasteiger partial charge in [0.2, 0.25) is 11.8 Å². The molecular weight excluding hydrogens is 258 g/mol. The van der Waals surface area contributed by atoms with Gasteiger partial charge in [-0.3, -0.25) is 9.59 Å². The van der Waals surface area contributed by atoms with Gasteiger partial charge in [0.15, 0.2) is 0 Å². The molecule has 0 aromatic heterocycles. The Hall–Kier alpha value is -1.92. The summed E-state index contributed by atoms with van der Waals surface area (Å²) in [5.41, 5.74) is 7.14. The highest BCUT2D eigenvalue weighted by Gasteiger charge is 2.21. The molecule has 108 valence electrons. The van der Waals surface area contributed by atoms with Crippen LogP contribution in [-0.2, 0) is 14.3 Å². The molecule has 2 amide bonds. The Morgan fingerprint density at radius 1 is 1.45 bits per heavy atom. The van der Waals surface area contributed by atoms with E-state index in [1.54, 1.807) is 17.0 Å². The lowest BCUT2D eigenvalue weighted by Gasteiger charge is -2.16. The maximum atomic E-state index is 11.7. The highest BCUT2D eigenvalue weighted by molar-refractivity contribution is 5.97. The van der Waals surface area contributed by atoms with E-state index in [9.17, 15) is 9.59 Å². The van der Waals surface area contributed by atoms with Crippen molar-refractivity contribution >= 4 is 23.2 Å². The van der Waals surface area contributed by atoms with Gasteiger partial charge in [0.1, 0.15) is 6.04 Å². The number of nitrogens with zero attached hydrogens (tertiary/aromatic N) is 1. The molecule has 6 nitrogen and oxygen atoms in total. The maximum Gasteiger partial charge on any atom is 0.243 e. The smallest absolute Gasteiger partial charge is 0.243 e. The first-order valence-corrected chi connectivity index (χ1v) is 6.57. The Morgan fingerprint density at radius 3 is 2.70 bits per heavy atom. The van der Waals surface area contributed by atoms with Crippen LogP contribution in [-0.4, -0.2) is 38.1 Å². The minimum Gasteiger partial charge on any atom is -0.383 e. The summed E-state index contributed by atoms with van der Waals surface area (Å²) in [6.45, 7) is 0.926. The molecule has 3 N–H and O–H groups in total. The second kappa shape index (κ2) is 6.49. The molecule has 1 atom stereocenters. The van der Waals surface area contributed by atoms with E-state index in [2.05, 4.69) is 5.32 Å². The van der Waals surface area contributed by atoms with Crippen LogP contribution in [0.25, 0.3) is 0 Å². The Morgan fingerprint density at radius 2 is 2.15 bits per heavy atom. The molecule has 1 unspecified atom stereocenters. The average Bonchev–Trinajstić information content (AvgIpc) is 2.86. The van der Waals surface area contributed by atoms with E-state index in [0.717, 1.165) is 18.7 Å². The number of hydrogen-bond donors (Lipinski definition) is 2. The van der Waals surface area contributed by atoms with Crippen LogP contribution in [0.3, 0.4) is 0 Å². The van der Waals surface area contributed by atoms with Crippen LogP contribution in [0.4, 0.5) is 11.4 Å². The van der Waals surface area contributed by atoms with Crippen LogP contribution in [0, 0.1) is 0 Å². The third-order valence-corrected chi connectivity index (χ3v) is 3.20. The summed E-state index contributed by atoms with van der Waals surface area (Å²) in [6.07, 6.45) is 1.49. The number of hydrogen-bond acceptors (Lipinski definition) is 4. The Labute approximate surface area is 117 Å². The van der Waals surface area contributed by atoms with Gasteiger partial charge in [0.05, 0.1) is 6.61 Å². The monoisotopic (exact) mass is 277 g/mol. The number of nitrogens with two attached hydrogens (primary N) is 1. The molecule has 2 rings (SSSR count). The second-order valence-electron chi connectivity index (χ2n) is 4.75. The minimum absolute atomic E-state index is 0.143. The van der Waals surface area contributed by atoms with Crippen LogP contribution >= 0.6 is 0 Å². The summed E-state index contributed by atoms with van der Waals surface area (Å²) in [5.74, 6) is -0.152. The van der Waals surface area contributed by atoms with Crippen molar-refractivity contribution in [2.75, 3.05) is 30.5 Å². The standard InChI is InChI=1S/C14H19N3O3/c1-20-9-12(15)14(19)16-10-4-6-11(7-5-10)17-8-2-3-13(17)18/h4-7,12H,2-3,8-9,15H2,1H3,(H,16,19). The fraction of sp³-hybridized carbons (Fsp3) is 0.429. The zero-order chi connectivity index (χ0) is 14.5. The van der Waals surface area contributed by atoms with E-state index < -0.39 is 6.04 Å². The molecule has 1 aliphatic heterocycles. The molecule has 0 spiro atoms. The summed E-state index contributed by atoms with van der Waals surface area (Å²) >= 11 is 0. The van der Waals surface area contributed by atoms with Gasteiger partial charge in [-0.15, -0.1) is 0 Å². The molecule has 1 fully saturated rings. The molecule has 1 aliphatic rings. The lowest BCUT2D eigenvalue weighted by Crippen LogP contribution is -2.39. The first-order valence-electron chi connectivity index (χ1n) is 6.57. The summed E-state index contributed by atoms with van der Waals surface area (Å²) in [4.78, 5) is 25.1. The van der Waals surface area contributed by atoms with E-state index in [4.69, 9.17) is 10.5 Å². The van der Waals surface area contributed by atoms with Crippen molar-refractivity contribution in [1.82, 2.24) is 0 Å². The third kappa shape index (κ3) is 3.34. The van der Waals surface area contributed by atoms with E-state index in [1.165, 1.54) is 7.11 Å². The van der Waals surface area contributed by atoms with Crippen molar-refractivity contribution in [3.05, 3.63) is 24.3 Å². The summed E-state index contributed by atoms with van der Waals surface area (Å²) in [7, 11) is 1.50. The molecule has 0 saturated carbocycles. The molecule has 1 aromatic carbocycles. The Balaban J connectivity index is 1.98. The fourth-order valence-corrected chi connectivity index (χ4v) is 2.14. The highest BCUT2D eigenvalue weighted by atomic mass is 16.5. The summed E-state index contributed by atoms with van der Waals surface area (Å²) in [6, 6.07) is 6.47. The molecule has 1 heterocycles. The average molecular weight is 277 g/mol. The Kier molecular flexibility index (Phi) is 4.70. The molecule has 6 heteroatoms. The highest BCUT2D eigenvalue weighted by Crippen LogP contribution is 2.22. The van der Waals surface area contributed by atoms with Crippen LogP contribution < -0.4 is 16.0 Å². The van der Waals surface area contributed by atoms with Gasteiger partial charge in [0, 0.05) is 31.5 Å². The SMILES string of the molecule is COCC(N)C(=O)Nc1ccc(N2CCCC2=O)cc1. The van der Waals surface area contributed by atoms with E-state index in [0.29, 0.717) is 12.1 Å². The van der Waals surface area contributed by atoms with Gasteiger partial charge in [-0.05, 0) is 30.7 Å². The van der Waals surface area contributed by atoms with E-state index in [-0.39, 0.29) is 18.4 Å². The Bertz CT molecular complexity index is 487. The number of carbonyl (C=O) groups excluding carboxylic acids is 2. The number of anilines is 2. The van der Waals surface area contributed by atoms with E-state index >= 15 is 0 Å². The predicted molar refractivity (Wildman–Crippen MR) is 76.5 cm³/mol. The second-order valence-corrected chi connectivity index (χ2v) is 4.75. The number of benzene rings is 1. The quantitative estimate of drug-likeness (QED) is 0.830. The van der Waals surface area contributed by atoms with Crippen molar-refractivity contribution in [3.8, 4) is 0 Å². The lowest BCUT2D eigenvalue weighted by atomic mass is 10.2. The van der Waals surface area contributed by atoms with Crippen molar-refractivity contribution in [1.29, 1.82) is 0 Å². The predicted octanol–water partition coefficient (Wildman–Crippen LogP) is 0.726. The third-order valence-electron chi connectivity index (χ3n) is 3.20. The molecular formula is C14H19N3O3. The molecule has 0 aliphatic carbocycles. The molecule has 20 heavy (non-hydrogen) atoms. The summed E-state index contributed by atoms with van der Waals surface area (Å²) in [5, 5.41) is 2.71. The van der Waals surface area contributed by atoms with Gasteiger partial charge in [-0.25, -0.2) is 0 Å². The number of methoxy groups -OCH3 is 1. The van der Waals surface area contributed by atoms with Gasteiger partial charge in [-0.1, -0.05) is 0 Å². The van der Waals surface area contributed by atoms with Gasteiger partial charge in [0.25, 0.3) is 0 Å². The number of amides is 2. The lowest BCUT2D eigenvalue weighted by molar-refractivity contribution is -0.118. The zero-order valence-corrected chi connectivity index (χ0v) is 11.5. The first-order chi connectivity index (χ1) is 9.61. The first kappa shape index (κ1) is 14.5. The van der Waals surface area contributed by atoms with E-state index in [1.807, 2.05) is 12.1 Å². The van der Waals surface area contributed by atoms with Crippen LogP contribution in [0.2, 0.25) is 0 Å². The van der Waals surface area contributed by atoms with Crippen LogP contribution in [0.1, 0.15) is 12.8 Å². The molecule has 0 bridgehead atoms. The molecule has 0 radical (unpaired) electrons. The minimum atomic E-state index is -0.695. The van der Waals surface area contributed by atoms with Crippen molar-refractivity contribution < 1.29 is 14.3 Å². The van der Waals surface area contributed by atoms with Gasteiger partial charge >= 0.3 is 0 Å². The van der Waals surface area contributed by atoms with Crippen molar-refractivity contribution in [2.45, 2.75) is 18.9 Å². The zero-order valence-electron chi connectivity index (χ0n) is 11.5. The van der Waals surface area contributed by atoms with Crippen molar-refractivity contribution in [3.63, 3.8) is 0 Å². The van der Waals surface area contributed by atoms with Crippen molar-refractivity contribution in [2.24, 2.45) is 5.73 Å². The molecule has 1 aromatic rings. The molecule has 1 saturated heterocycles. The van der Waals surface area contributed by atoms with Crippen LogP contribution in [0.5, 0.6) is 0 Å². The summed E-state index contributed by atoms with van der Waals surface area (Å²) < 4.78 is 4.83. The maximum absolute atomic E-state index is 11.7. The fourth-order valence-electron chi connectivity index (χ4n) is 2.14. The van der Waals surface area contributed by atoms with Gasteiger partial charge in [-0.2, -0.15) is 0 Å². The number of nitrogens with one attached hydrogen (secondary N) is 1. The van der Waals surface area contributed by atoms with Crippen LogP contribution in [0.15, 0.2) is 24.3 Å². The number of ether oxygens (including phenoxy) is 1. The topological polar surface area (TPSA) is 84.7 Å². The van der Waals surface area contributed by atoms with Gasteiger partial charge < -0.3 is 20.7 Å². The largest absolute Gasteiger partial charge is 0.383 e. The number of rotatable bonds is 5.